The van der Waals surface area contributed by atoms with E-state index in [1.807, 2.05) is 52.8 Å². The quantitative estimate of drug-likeness (QED) is 0.339. The standard InChI is InChI=1S/C25H29N3O4S2/c1-6-20(23(29)27-22-16(4)8-7-9-17(22)5)33-25-26-14-21(24(30)28-25)34(31,32)19-12-10-18(11-13-19)15(2)3/h7-15,20H,6H2,1-5H3,(H,27,29)(H,26,28,30)/t20-/m0/s1. The fourth-order valence-electron chi connectivity index (χ4n) is 3.45. The third-order valence-corrected chi connectivity index (χ3v) is 8.56. The Morgan fingerprint density at radius 3 is 2.24 bits per heavy atom. The fraction of sp³-hybridized carbons (Fsp3) is 0.320. The topological polar surface area (TPSA) is 109 Å². The molecule has 0 saturated heterocycles. The number of aromatic amines is 1. The fourth-order valence-corrected chi connectivity index (χ4v) is 5.55. The second-order valence-corrected chi connectivity index (χ2v) is 11.5. The summed E-state index contributed by atoms with van der Waals surface area (Å²) < 4.78 is 25.9. The molecular weight excluding hydrogens is 470 g/mol. The maximum atomic E-state index is 13.0. The van der Waals surface area contributed by atoms with Crippen LogP contribution in [-0.4, -0.2) is 29.5 Å². The van der Waals surface area contributed by atoms with Gasteiger partial charge in [0.15, 0.2) is 10.1 Å². The molecule has 1 aromatic heterocycles. The van der Waals surface area contributed by atoms with Gasteiger partial charge in [-0.3, -0.25) is 9.59 Å². The van der Waals surface area contributed by atoms with Crippen molar-refractivity contribution in [2.75, 3.05) is 5.32 Å². The molecule has 3 aromatic rings. The maximum absolute atomic E-state index is 13.0. The number of para-hydroxylation sites is 1. The van der Waals surface area contributed by atoms with Crippen molar-refractivity contribution in [2.45, 2.75) is 67.2 Å². The molecule has 2 aromatic carbocycles. The van der Waals surface area contributed by atoms with Crippen molar-refractivity contribution in [2.24, 2.45) is 0 Å². The number of aromatic nitrogens is 2. The minimum atomic E-state index is -4.02. The molecular formula is C25H29N3O4S2. The molecule has 0 aliphatic carbocycles. The molecule has 0 saturated carbocycles. The van der Waals surface area contributed by atoms with Crippen molar-refractivity contribution < 1.29 is 13.2 Å². The predicted octanol–water partition coefficient (Wildman–Crippen LogP) is 4.85. The lowest BCUT2D eigenvalue weighted by atomic mass is 10.0. The van der Waals surface area contributed by atoms with Crippen LogP contribution in [0.5, 0.6) is 0 Å². The van der Waals surface area contributed by atoms with Crippen LogP contribution in [0.3, 0.4) is 0 Å². The van der Waals surface area contributed by atoms with E-state index in [0.717, 1.165) is 40.3 Å². The minimum absolute atomic E-state index is 0.0315. The van der Waals surface area contributed by atoms with E-state index in [1.165, 1.54) is 12.1 Å². The number of hydrogen-bond acceptors (Lipinski definition) is 6. The molecule has 3 rings (SSSR count). The predicted molar refractivity (Wildman–Crippen MR) is 135 cm³/mol. The van der Waals surface area contributed by atoms with E-state index in [1.54, 1.807) is 12.1 Å². The monoisotopic (exact) mass is 499 g/mol. The Bertz CT molecular complexity index is 1330. The first kappa shape index (κ1) is 25.7. The molecule has 180 valence electrons. The largest absolute Gasteiger partial charge is 0.325 e. The summed E-state index contributed by atoms with van der Waals surface area (Å²) in [4.78, 5) is 31.8. The maximum Gasteiger partial charge on any atom is 0.270 e. The van der Waals surface area contributed by atoms with Crippen molar-refractivity contribution >= 4 is 33.2 Å². The van der Waals surface area contributed by atoms with Crippen LogP contribution in [0.4, 0.5) is 5.69 Å². The number of benzene rings is 2. The van der Waals surface area contributed by atoms with Crippen LogP contribution >= 0.6 is 11.8 Å². The first-order valence-electron chi connectivity index (χ1n) is 11.0. The number of carbonyl (C=O) groups excluding carboxylic acids is 1. The molecule has 0 unspecified atom stereocenters. The van der Waals surface area contributed by atoms with E-state index in [0.29, 0.717) is 6.42 Å². The zero-order valence-corrected chi connectivity index (χ0v) is 21.5. The Morgan fingerprint density at radius 1 is 1.09 bits per heavy atom. The minimum Gasteiger partial charge on any atom is -0.325 e. The SMILES string of the molecule is CC[C@H](Sc1ncc(S(=O)(=O)c2ccc(C(C)C)cc2)c(=O)[nH]1)C(=O)Nc1c(C)cccc1C. The van der Waals surface area contributed by atoms with Gasteiger partial charge in [-0.1, -0.05) is 62.9 Å². The van der Waals surface area contributed by atoms with Gasteiger partial charge < -0.3 is 10.3 Å². The molecule has 1 atom stereocenters. The first-order chi connectivity index (χ1) is 16.0. The van der Waals surface area contributed by atoms with Crippen LogP contribution in [0.25, 0.3) is 0 Å². The normalized spacial score (nSPS) is 12.5. The van der Waals surface area contributed by atoms with Crippen LogP contribution in [0.2, 0.25) is 0 Å². The van der Waals surface area contributed by atoms with Gasteiger partial charge in [-0.05, 0) is 55.0 Å². The van der Waals surface area contributed by atoms with E-state index in [2.05, 4.69) is 15.3 Å². The van der Waals surface area contributed by atoms with Crippen molar-refractivity contribution in [1.29, 1.82) is 0 Å². The lowest BCUT2D eigenvalue weighted by Gasteiger charge is -2.17. The van der Waals surface area contributed by atoms with Crippen LogP contribution in [0.1, 0.15) is 49.8 Å². The number of rotatable bonds is 8. The van der Waals surface area contributed by atoms with Crippen molar-refractivity contribution in [3.05, 3.63) is 75.7 Å². The lowest BCUT2D eigenvalue weighted by Crippen LogP contribution is -2.26. The van der Waals surface area contributed by atoms with Gasteiger partial charge in [-0.25, -0.2) is 13.4 Å². The van der Waals surface area contributed by atoms with Gasteiger partial charge in [-0.15, -0.1) is 0 Å². The number of amides is 1. The summed E-state index contributed by atoms with van der Waals surface area (Å²) in [6.45, 7) is 9.73. The highest BCUT2D eigenvalue weighted by molar-refractivity contribution is 8.00. The van der Waals surface area contributed by atoms with Crippen molar-refractivity contribution in [3.8, 4) is 0 Å². The number of carbonyl (C=O) groups is 1. The summed E-state index contributed by atoms with van der Waals surface area (Å²) in [5.41, 5.74) is 2.90. The first-order valence-corrected chi connectivity index (χ1v) is 13.4. The Kier molecular flexibility index (Phi) is 7.99. The van der Waals surface area contributed by atoms with Crippen molar-refractivity contribution in [3.63, 3.8) is 0 Å². The molecule has 0 bridgehead atoms. The van der Waals surface area contributed by atoms with Gasteiger partial charge in [-0.2, -0.15) is 0 Å². The lowest BCUT2D eigenvalue weighted by molar-refractivity contribution is -0.115. The average molecular weight is 500 g/mol. The number of aryl methyl sites for hydroxylation is 2. The Morgan fingerprint density at radius 2 is 1.71 bits per heavy atom. The summed E-state index contributed by atoms with van der Waals surface area (Å²) in [6, 6.07) is 12.2. The Labute approximate surface area is 204 Å². The highest BCUT2D eigenvalue weighted by atomic mass is 32.2. The molecule has 0 aliphatic rings. The Hall–Kier alpha value is -2.91. The summed E-state index contributed by atoms with van der Waals surface area (Å²) in [5, 5.41) is 2.62. The molecule has 0 fully saturated rings. The number of H-pyrrole nitrogens is 1. The molecule has 0 spiro atoms. The van der Waals surface area contributed by atoms with Crippen LogP contribution in [0, 0.1) is 13.8 Å². The molecule has 2 N–H and O–H groups in total. The number of thioether (sulfide) groups is 1. The second kappa shape index (κ2) is 10.6. The molecule has 9 heteroatoms. The molecule has 1 heterocycles. The van der Waals surface area contributed by atoms with Crippen molar-refractivity contribution in [1.82, 2.24) is 9.97 Å². The second-order valence-electron chi connectivity index (χ2n) is 8.38. The summed E-state index contributed by atoms with van der Waals surface area (Å²) in [5.74, 6) is 0.0473. The van der Waals surface area contributed by atoms with Gasteiger partial charge in [0, 0.05) is 5.69 Å². The molecule has 0 aliphatic heterocycles. The van der Waals surface area contributed by atoms with E-state index < -0.39 is 25.5 Å². The molecule has 7 nitrogen and oxygen atoms in total. The molecule has 0 radical (unpaired) electrons. The smallest absolute Gasteiger partial charge is 0.270 e. The zero-order chi connectivity index (χ0) is 25.0. The number of nitrogens with zero attached hydrogens (tertiary/aromatic N) is 1. The van der Waals surface area contributed by atoms with E-state index >= 15 is 0 Å². The zero-order valence-electron chi connectivity index (χ0n) is 19.9. The highest BCUT2D eigenvalue weighted by Gasteiger charge is 2.25. The van der Waals surface area contributed by atoms with Gasteiger partial charge in [0.05, 0.1) is 16.3 Å². The summed E-state index contributed by atoms with van der Waals surface area (Å²) in [7, 11) is -4.02. The highest BCUT2D eigenvalue weighted by Crippen LogP contribution is 2.26. The van der Waals surface area contributed by atoms with Gasteiger partial charge in [0.1, 0.15) is 0 Å². The van der Waals surface area contributed by atoms with Gasteiger partial charge in [0.25, 0.3) is 5.56 Å². The van der Waals surface area contributed by atoms with E-state index in [-0.39, 0.29) is 21.9 Å². The molecule has 34 heavy (non-hydrogen) atoms. The summed E-state index contributed by atoms with van der Waals surface area (Å²) >= 11 is 1.09. The van der Waals surface area contributed by atoms with Gasteiger partial charge in [0.2, 0.25) is 15.7 Å². The van der Waals surface area contributed by atoms with E-state index in [9.17, 15) is 18.0 Å². The average Bonchev–Trinajstić information content (AvgIpc) is 2.79. The number of nitrogens with one attached hydrogen (secondary N) is 2. The van der Waals surface area contributed by atoms with Gasteiger partial charge >= 0.3 is 0 Å². The van der Waals surface area contributed by atoms with Crippen LogP contribution in [-0.2, 0) is 14.6 Å². The van der Waals surface area contributed by atoms with Crippen LogP contribution in [0.15, 0.2) is 68.4 Å². The number of hydrogen-bond donors (Lipinski definition) is 2. The third-order valence-electron chi connectivity index (χ3n) is 5.54. The Balaban J connectivity index is 1.81. The number of sulfone groups is 1. The van der Waals surface area contributed by atoms with Crippen LogP contribution < -0.4 is 10.9 Å². The van der Waals surface area contributed by atoms with E-state index in [4.69, 9.17) is 0 Å². The third kappa shape index (κ3) is 5.59. The number of anilines is 1. The molecule has 1 amide bonds. The summed E-state index contributed by atoms with van der Waals surface area (Å²) in [6.07, 6.45) is 1.55.